The Bertz CT molecular complexity index is 325. The minimum atomic E-state index is -0.944. The SMILES string of the molecule is NCC(=O)c1cccc(C(O)CO)c1. The number of benzene rings is 1. The summed E-state index contributed by atoms with van der Waals surface area (Å²) < 4.78 is 0. The second-order valence-corrected chi connectivity index (χ2v) is 2.95. The zero-order valence-corrected chi connectivity index (χ0v) is 7.68. The Hall–Kier alpha value is -1.23. The average Bonchev–Trinajstić information content (AvgIpc) is 2.27. The number of ketones is 1. The van der Waals surface area contributed by atoms with Crippen molar-refractivity contribution < 1.29 is 15.0 Å². The Labute approximate surface area is 82.0 Å². The molecule has 4 nitrogen and oxygen atoms in total. The summed E-state index contributed by atoms with van der Waals surface area (Å²) in [6.45, 7) is -0.418. The highest BCUT2D eigenvalue weighted by Crippen LogP contribution is 2.13. The Kier molecular flexibility index (Phi) is 3.76. The molecule has 0 amide bonds. The summed E-state index contributed by atoms with van der Waals surface area (Å²) in [5.74, 6) is -0.183. The van der Waals surface area contributed by atoms with Crippen LogP contribution in [0.5, 0.6) is 0 Å². The molecule has 0 aliphatic carbocycles. The fourth-order valence-corrected chi connectivity index (χ4v) is 1.14. The molecule has 1 unspecified atom stereocenters. The number of hydrogen-bond donors (Lipinski definition) is 3. The van der Waals surface area contributed by atoms with Crippen molar-refractivity contribution in [3.63, 3.8) is 0 Å². The molecule has 0 spiro atoms. The smallest absolute Gasteiger partial charge is 0.176 e. The van der Waals surface area contributed by atoms with Gasteiger partial charge in [0.15, 0.2) is 5.78 Å². The van der Waals surface area contributed by atoms with Gasteiger partial charge < -0.3 is 15.9 Å². The molecular weight excluding hydrogens is 182 g/mol. The molecule has 1 rings (SSSR count). The largest absolute Gasteiger partial charge is 0.393 e. The fraction of sp³-hybridized carbons (Fsp3) is 0.300. The summed E-state index contributed by atoms with van der Waals surface area (Å²) in [7, 11) is 0. The van der Waals surface area contributed by atoms with Gasteiger partial charge in [-0.25, -0.2) is 0 Å². The van der Waals surface area contributed by atoms with Crippen LogP contribution in [0.4, 0.5) is 0 Å². The summed E-state index contributed by atoms with van der Waals surface area (Å²) >= 11 is 0. The topological polar surface area (TPSA) is 83.6 Å². The number of carbonyl (C=O) groups excluding carboxylic acids is 1. The molecule has 76 valence electrons. The molecule has 0 bridgehead atoms. The van der Waals surface area contributed by atoms with E-state index < -0.39 is 6.10 Å². The lowest BCUT2D eigenvalue weighted by atomic mass is 10.0. The maximum atomic E-state index is 11.2. The van der Waals surface area contributed by atoms with Gasteiger partial charge in [0.2, 0.25) is 0 Å². The molecule has 0 fully saturated rings. The maximum absolute atomic E-state index is 11.2. The van der Waals surface area contributed by atoms with Gasteiger partial charge in [0.1, 0.15) is 6.10 Å². The first-order valence-electron chi connectivity index (χ1n) is 4.31. The summed E-state index contributed by atoms with van der Waals surface area (Å²) in [5.41, 5.74) is 6.18. The fourth-order valence-electron chi connectivity index (χ4n) is 1.14. The van der Waals surface area contributed by atoms with Crippen LogP contribution in [0.25, 0.3) is 0 Å². The van der Waals surface area contributed by atoms with Crippen LogP contribution >= 0.6 is 0 Å². The lowest BCUT2D eigenvalue weighted by Crippen LogP contribution is -2.14. The molecule has 0 radical (unpaired) electrons. The molecule has 0 aliphatic rings. The second kappa shape index (κ2) is 4.85. The third-order valence-corrected chi connectivity index (χ3v) is 1.95. The zero-order valence-electron chi connectivity index (χ0n) is 7.68. The van der Waals surface area contributed by atoms with E-state index in [0.717, 1.165) is 0 Å². The first kappa shape index (κ1) is 10.8. The highest BCUT2D eigenvalue weighted by atomic mass is 16.3. The van der Waals surface area contributed by atoms with Crippen LogP contribution in [0.15, 0.2) is 24.3 Å². The van der Waals surface area contributed by atoms with Crippen molar-refractivity contribution in [3.05, 3.63) is 35.4 Å². The van der Waals surface area contributed by atoms with Crippen molar-refractivity contribution in [3.8, 4) is 0 Å². The number of nitrogens with two attached hydrogens (primary N) is 1. The quantitative estimate of drug-likeness (QED) is 0.583. The molecule has 0 aromatic heterocycles. The number of carbonyl (C=O) groups is 1. The number of hydrogen-bond acceptors (Lipinski definition) is 4. The molecule has 0 aliphatic heterocycles. The van der Waals surface area contributed by atoms with Crippen molar-refractivity contribution in [1.29, 1.82) is 0 Å². The van der Waals surface area contributed by atoms with Crippen LogP contribution in [-0.4, -0.2) is 29.1 Å². The van der Waals surface area contributed by atoms with E-state index in [1.165, 1.54) is 6.07 Å². The molecular formula is C10H13NO3. The zero-order chi connectivity index (χ0) is 10.6. The first-order chi connectivity index (χ1) is 6.69. The number of aliphatic hydroxyl groups excluding tert-OH is 2. The minimum absolute atomic E-state index is 0.0569. The Morgan fingerprint density at radius 1 is 1.50 bits per heavy atom. The van der Waals surface area contributed by atoms with Crippen LogP contribution in [0.2, 0.25) is 0 Å². The van der Waals surface area contributed by atoms with Gasteiger partial charge in [-0.3, -0.25) is 4.79 Å². The predicted molar refractivity (Wildman–Crippen MR) is 51.9 cm³/mol. The Morgan fingerprint density at radius 3 is 2.79 bits per heavy atom. The van der Waals surface area contributed by atoms with Crippen LogP contribution in [0, 0.1) is 0 Å². The van der Waals surface area contributed by atoms with Crippen molar-refractivity contribution in [2.45, 2.75) is 6.10 Å². The third-order valence-electron chi connectivity index (χ3n) is 1.95. The van der Waals surface area contributed by atoms with E-state index in [9.17, 15) is 9.90 Å². The van der Waals surface area contributed by atoms with Gasteiger partial charge in [-0.2, -0.15) is 0 Å². The van der Waals surface area contributed by atoms with E-state index in [1.807, 2.05) is 0 Å². The number of rotatable bonds is 4. The number of Topliss-reactive ketones (excluding diaryl/α,β-unsaturated/α-hetero) is 1. The molecule has 0 saturated carbocycles. The van der Waals surface area contributed by atoms with E-state index >= 15 is 0 Å². The van der Waals surface area contributed by atoms with Crippen LogP contribution in [0.3, 0.4) is 0 Å². The average molecular weight is 195 g/mol. The summed E-state index contributed by atoms with van der Waals surface area (Å²) in [6, 6.07) is 6.46. The van der Waals surface area contributed by atoms with Crippen molar-refractivity contribution in [2.24, 2.45) is 5.73 Å². The van der Waals surface area contributed by atoms with E-state index in [1.54, 1.807) is 18.2 Å². The number of aliphatic hydroxyl groups is 2. The second-order valence-electron chi connectivity index (χ2n) is 2.95. The summed E-state index contributed by atoms with van der Waals surface area (Å²) in [4.78, 5) is 11.2. The molecule has 1 atom stereocenters. The van der Waals surface area contributed by atoms with Gasteiger partial charge in [-0.1, -0.05) is 18.2 Å². The molecule has 4 heteroatoms. The van der Waals surface area contributed by atoms with Crippen LogP contribution in [-0.2, 0) is 0 Å². The third kappa shape index (κ3) is 2.38. The maximum Gasteiger partial charge on any atom is 0.176 e. The van der Waals surface area contributed by atoms with E-state index in [4.69, 9.17) is 10.8 Å². The molecule has 1 aromatic rings. The highest BCUT2D eigenvalue weighted by molar-refractivity contribution is 5.97. The Morgan fingerprint density at radius 2 is 2.21 bits per heavy atom. The van der Waals surface area contributed by atoms with Gasteiger partial charge in [0.05, 0.1) is 13.2 Å². The summed E-state index contributed by atoms with van der Waals surface area (Å²) in [5, 5.41) is 18.0. The first-order valence-corrected chi connectivity index (χ1v) is 4.31. The van der Waals surface area contributed by atoms with E-state index in [0.29, 0.717) is 11.1 Å². The van der Waals surface area contributed by atoms with Gasteiger partial charge in [0, 0.05) is 5.56 Å². The Balaban J connectivity index is 2.95. The van der Waals surface area contributed by atoms with E-state index in [-0.39, 0.29) is 18.9 Å². The molecule has 14 heavy (non-hydrogen) atoms. The molecule has 4 N–H and O–H groups in total. The predicted octanol–water partition coefficient (Wildman–Crippen LogP) is -0.146. The van der Waals surface area contributed by atoms with Gasteiger partial charge in [0.25, 0.3) is 0 Å². The van der Waals surface area contributed by atoms with Crippen LogP contribution in [0.1, 0.15) is 22.0 Å². The van der Waals surface area contributed by atoms with Gasteiger partial charge in [-0.15, -0.1) is 0 Å². The monoisotopic (exact) mass is 195 g/mol. The van der Waals surface area contributed by atoms with E-state index in [2.05, 4.69) is 0 Å². The highest BCUT2D eigenvalue weighted by Gasteiger charge is 2.08. The lowest BCUT2D eigenvalue weighted by molar-refractivity contribution is 0.0950. The van der Waals surface area contributed by atoms with Crippen molar-refractivity contribution in [2.75, 3.05) is 13.2 Å². The standard InChI is InChI=1S/C10H13NO3/c11-5-9(13)7-2-1-3-8(4-7)10(14)6-12/h1-4,10,12,14H,5-6,11H2. The van der Waals surface area contributed by atoms with Crippen molar-refractivity contribution >= 4 is 5.78 Å². The lowest BCUT2D eigenvalue weighted by Gasteiger charge is -2.08. The molecule has 1 aromatic carbocycles. The van der Waals surface area contributed by atoms with Crippen molar-refractivity contribution in [1.82, 2.24) is 0 Å². The summed E-state index contributed by atoms with van der Waals surface area (Å²) in [6.07, 6.45) is -0.944. The van der Waals surface area contributed by atoms with Crippen LogP contribution < -0.4 is 5.73 Å². The normalized spacial score (nSPS) is 12.5. The van der Waals surface area contributed by atoms with Gasteiger partial charge in [-0.05, 0) is 11.6 Å². The molecule has 0 heterocycles. The molecule has 0 saturated heterocycles. The minimum Gasteiger partial charge on any atom is -0.393 e. The van der Waals surface area contributed by atoms with Gasteiger partial charge >= 0.3 is 0 Å².